The smallest absolute Gasteiger partial charge is 0.0440 e. The minimum Gasteiger partial charge on any atom is -0.396 e. The lowest BCUT2D eigenvalue weighted by Crippen LogP contribution is -2.15. The van der Waals surface area contributed by atoms with Gasteiger partial charge >= 0.3 is 0 Å². The molecular formula is C12H15ClO. The molecule has 2 rings (SSSR count). The highest BCUT2D eigenvalue weighted by Crippen LogP contribution is 2.31. The van der Waals surface area contributed by atoms with Crippen LogP contribution in [0, 0.1) is 5.92 Å². The summed E-state index contributed by atoms with van der Waals surface area (Å²) in [6.45, 7) is 0.306. The number of aliphatic hydroxyl groups excluding tert-OH is 1. The molecule has 0 radical (unpaired) electrons. The maximum Gasteiger partial charge on any atom is 0.0440 e. The van der Waals surface area contributed by atoms with E-state index in [4.69, 9.17) is 16.7 Å². The largest absolute Gasteiger partial charge is 0.396 e. The van der Waals surface area contributed by atoms with E-state index in [2.05, 4.69) is 6.07 Å². The van der Waals surface area contributed by atoms with Gasteiger partial charge in [0, 0.05) is 11.6 Å². The van der Waals surface area contributed by atoms with E-state index in [1.54, 1.807) is 0 Å². The van der Waals surface area contributed by atoms with Gasteiger partial charge in [-0.05, 0) is 48.8 Å². The second kappa shape index (κ2) is 4.33. The molecule has 0 amide bonds. The molecule has 0 heterocycles. The summed E-state index contributed by atoms with van der Waals surface area (Å²) in [6.07, 6.45) is 4.24. The van der Waals surface area contributed by atoms with Gasteiger partial charge in [-0.1, -0.05) is 23.7 Å². The molecule has 0 fully saturated rings. The van der Waals surface area contributed by atoms with E-state index in [-0.39, 0.29) is 0 Å². The number of aliphatic hydroxyl groups is 1. The fourth-order valence-corrected chi connectivity index (χ4v) is 2.55. The summed E-state index contributed by atoms with van der Waals surface area (Å²) in [5.74, 6) is 0.644. The van der Waals surface area contributed by atoms with Crippen molar-refractivity contribution in [1.82, 2.24) is 0 Å². The van der Waals surface area contributed by atoms with Crippen molar-refractivity contribution in [3.8, 4) is 0 Å². The molecular weight excluding hydrogens is 196 g/mol. The van der Waals surface area contributed by atoms with Gasteiger partial charge in [0.05, 0.1) is 0 Å². The zero-order valence-electron chi connectivity index (χ0n) is 8.17. The Balaban J connectivity index is 2.18. The van der Waals surface area contributed by atoms with Crippen molar-refractivity contribution in [2.45, 2.75) is 25.7 Å². The molecule has 0 saturated heterocycles. The first kappa shape index (κ1) is 10.0. The van der Waals surface area contributed by atoms with E-state index >= 15 is 0 Å². The molecule has 0 bridgehead atoms. The molecule has 0 aliphatic heterocycles. The van der Waals surface area contributed by atoms with Crippen molar-refractivity contribution in [3.63, 3.8) is 0 Å². The molecule has 1 atom stereocenters. The molecule has 1 nitrogen and oxygen atoms in total. The molecule has 1 aliphatic carbocycles. The third kappa shape index (κ3) is 1.94. The highest BCUT2D eigenvalue weighted by atomic mass is 35.5. The number of hydrogen-bond donors (Lipinski definition) is 1. The molecule has 1 N–H and O–H groups in total. The zero-order valence-corrected chi connectivity index (χ0v) is 8.93. The minimum atomic E-state index is 0.306. The quantitative estimate of drug-likeness (QED) is 0.796. The lowest BCUT2D eigenvalue weighted by Gasteiger charge is -2.24. The summed E-state index contributed by atoms with van der Waals surface area (Å²) in [6, 6.07) is 6.14. The van der Waals surface area contributed by atoms with Gasteiger partial charge < -0.3 is 5.11 Å². The molecule has 1 aliphatic rings. The fraction of sp³-hybridized carbons (Fsp3) is 0.500. The average molecular weight is 211 g/mol. The van der Waals surface area contributed by atoms with E-state index < -0.39 is 0 Å². The maximum atomic E-state index is 8.90. The summed E-state index contributed by atoms with van der Waals surface area (Å²) in [4.78, 5) is 0. The number of fused-ring (bicyclic) bond motifs is 1. The lowest BCUT2D eigenvalue weighted by molar-refractivity contribution is 0.248. The van der Waals surface area contributed by atoms with Gasteiger partial charge in [-0.15, -0.1) is 0 Å². The van der Waals surface area contributed by atoms with Crippen molar-refractivity contribution in [2.75, 3.05) is 6.61 Å². The van der Waals surface area contributed by atoms with Crippen LogP contribution in [-0.4, -0.2) is 11.7 Å². The summed E-state index contributed by atoms with van der Waals surface area (Å²) in [7, 11) is 0. The predicted octanol–water partition coefficient (Wildman–Crippen LogP) is 2.83. The van der Waals surface area contributed by atoms with Crippen LogP contribution in [0.4, 0.5) is 0 Å². The standard InChI is InChI=1S/C12H15ClO/c13-12-3-1-2-10-8-9(6-7-14)4-5-11(10)12/h1-3,9,14H,4-8H2. The molecule has 1 aromatic carbocycles. The van der Waals surface area contributed by atoms with Crippen LogP contribution in [-0.2, 0) is 12.8 Å². The fourth-order valence-electron chi connectivity index (χ4n) is 2.27. The van der Waals surface area contributed by atoms with Crippen LogP contribution in [0.15, 0.2) is 18.2 Å². The van der Waals surface area contributed by atoms with Gasteiger partial charge in [0.1, 0.15) is 0 Å². The highest BCUT2D eigenvalue weighted by Gasteiger charge is 2.19. The Hall–Kier alpha value is -0.530. The minimum absolute atomic E-state index is 0.306. The summed E-state index contributed by atoms with van der Waals surface area (Å²) in [5.41, 5.74) is 2.70. The van der Waals surface area contributed by atoms with Gasteiger partial charge in [0.15, 0.2) is 0 Å². The number of rotatable bonds is 2. The van der Waals surface area contributed by atoms with Crippen molar-refractivity contribution >= 4 is 11.6 Å². The Morgan fingerprint density at radius 2 is 2.29 bits per heavy atom. The monoisotopic (exact) mass is 210 g/mol. The molecule has 2 heteroatoms. The predicted molar refractivity (Wildman–Crippen MR) is 58.7 cm³/mol. The molecule has 76 valence electrons. The van der Waals surface area contributed by atoms with E-state index in [9.17, 15) is 0 Å². The summed E-state index contributed by atoms with van der Waals surface area (Å²) < 4.78 is 0. The highest BCUT2D eigenvalue weighted by molar-refractivity contribution is 6.31. The number of benzene rings is 1. The van der Waals surface area contributed by atoms with Gasteiger partial charge in [-0.25, -0.2) is 0 Å². The van der Waals surface area contributed by atoms with Gasteiger partial charge in [-0.2, -0.15) is 0 Å². The maximum absolute atomic E-state index is 8.90. The number of halogens is 1. The van der Waals surface area contributed by atoms with Crippen LogP contribution < -0.4 is 0 Å². The third-order valence-corrected chi connectivity index (χ3v) is 3.42. The Labute approximate surface area is 89.7 Å². The van der Waals surface area contributed by atoms with Gasteiger partial charge in [-0.3, -0.25) is 0 Å². The normalized spacial score (nSPS) is 20.6. The van der Waals surface area contributed by atoms with Gasteiger partial charge in [0.25, 0.3) is 0 Å². The summed E-state index contributed by atoms with van der Waals surface area (Å²) >= 11 is 6.12. The second-order valence-electron chi connectivity index (χ2n) is 4.00. The van der Waals surface area contributed by atoms with E-state index in [0.29, 0.717) is 12.5 Å². The van der Waals surface area contributed by atoms with Crippen LogP contribution in [0.25, 0.3) is 0 Å². The van der Waals surface area contributed by atoms with Crippen molar-refractivity contribution in [1.29, 1.82) is 0 Å². The molecule has 14 heavy (non-hydrogen) atoms. The van der Waals surface area contributed by atoms with Crippen LogP contribution in [0.5, 0.6) is 0 Å². The second-order valence-corrected chi connectivity index (χ2v) is 4.41. The topological polar surface area (TPSA) is 20.2 Å². The van der Waals surface area contributed by atoms with E-state index in [1.807, 2.05) is 12.1 Å². The van der Waals surface area contributed by atoms with Crippen LogP contribution in [0.3, 0.4) is 0 Å². The van der Waals surface area contributed by atoms with Crippen LogP contribution in [0.1, 0.15) is 24.0 Å². The van der Waals surface area contributed by atoms with Crippen molar-refractivity contribution in [2.24, 2.45) is 5.92 Å². The molecule has 1 unspecified atom stereocenters. The molecule has 0 aromatic heterocycles. The first-order chi connectivity index (χ1) is 6.81. The lowest BCUT2D eigenvalue weighted by atomic mass is 9.82. The number of hydrogen-bond acceptors (Lipinski definition) is 1. The molecule has 0 spiro atoms. The third-order valence-electron chi connectivity index (χ3n) is 3.06. The molecule has 1 aromatic rings. The Morgan fingerprint density at radius 1 is 1.43 bits per heavy atom. The van der Waals surface area contributed by atoms with E-state index in [0.717, 1.165) is 30.7 Å². The molecule has 0 saturated carbocycles. The van der Waals surface area contributed by atoms with Crippen molar-refractivity contribution < 1.29 is 5.11 Å². The van der Waals surface area contributed by atoms with Gasteiger partial charge in [0.2, 0.25) is 0 Å². The average Bonchev–Trinajstić information content (AvgIpc) is 2.18. The van der Waals surface area contributed by atoms with Crippen LogP contribution in [0.2, 0.25) is 5.02 Å². The summed E-state index contributed by atoms with van der Waals surface area (Å²) in [5, 5.41) is 9.80. The Kier molecular flexibility index (Phi) is 3.09. The Morgan fingerprint density at radius 3 is 3.07 bits per heavy atom. The van der Waals surface area contributed by atoms with Crippen LogP contribution >= 0.6 is 11.6 Å². The van der Waals surface area contributed by atoms with E-state index in [1.165, 1.54) is 11.1 Å². The first-order valence-electron chi connectivity index (χ1n) is 5.18. The first-order valence-corrected chi connectivity index (χ1v) is 5.56. The Bertz CT molecular complexity index is 322. The zero-order chi connectivity index (χ0) is 9.97. The van der Waals surface area contributed by atoms with Crippen molar-refractivity contribution in [3.05, 3.63) is 34.3 Å². The SMILES string of the molecule is OCCC1CCc2c(Cl)cccc2C1.